The maximum absolute atomic E-state index is 6.28. The molecule has 2 atom stereocenters. The fraction of sp³-hybridized carbons (Fsp3) is 0.625. The van der Waals surface area contributed by atoms with Gasteiger partial charge in [-0.2, -0.15) is 0 Å². The Bertz CT molecular complexity index is 490. The molecule has 21 heavy (non-hydrogen) atoms. The molecule has 0 amide bonds. The van der Waals surface area contributed by atoms with Crippen LogP contribution in [0.2, 0.25) is 5.02 Å². The second kappa shape index (κ2) is 6.13. The summed E-state index contributed by atoms with van der Waals surface area (Å²) in [4.78, 5) is 4.87. The number of halogens is 1. The number of rotatable bonds is 3. The largest absolute Gasteiger partial charge is 0.379 e. The molecule has 2 aliphatic heterocycles. The SMILES string of the molecule is CC1(CN2CCN(c3ccccc3Cl)CC2)COCC1N. The number of ether oxygens (including phenoxy) is 1. The van der Waals surface area contributed by atoms with Crippen LogP contribution in [0.4, 0.5) is 5.69 Å². The van der Waals surface area contributed by atoms with Crippen LogP contribution in [0.25, 0.3) is 0 Å². The van der Waals surface area contributed by atoms with E-state index in [-0.39, 0.29) is 11.5 Å². The van der Waals surface area contributed by atoms with Gasteiger partial charge in [-0.05, 0) is 12.1 Å². The van der Waals surface area contributed by atoms with Crippen molar-refractivity contribution in [2.24, 2.45) is 11.1 Å². The van der Waals surface area contributed by atoms with Gasteiger partial charge < -0.3 is 15.4 Å². The molecule has 1 aromatic rings. The Morgan fingerprint density at radius 3 is 2.62 bits per heavy atom. The molecular formula is C16H24ClN3O. The lowest BCUT2D eigenvalue weighted by molar-refractivity contribution is 0.115. The van der Waals surface area contributed by atoms with Gasteiger partial charge in [-0.15, -0.1) is 0 Å². The van der Waals surface area contributed by atoms with E-state index in [0.29, 0.717) is 6.61 Å². The van der Waals surface area contributed by atoms with Crippen molar-refractivity contribution in [2.75, 3.05) is 50.8 Å². The van der Waals surface area contributed by atoms with Crippen molar-refractivity contribution in [1.29, 1.82) is 0 Å². The van der Waals surface area contributed by atoms with Crippen molar-refractivity contribution < 1.29 is 4.74 Å². The molecule has 0 aromatic heterocycles. The molecule has 2 heterocycles. The number of benzene rings is 1. The Labute approximate surface area is 131 Å². The van der Waals surface area contributed by atoms with Crippen LogP contribution in [-0.4, -0.2) is 56.9 Å². The number of piperazine rings is 1. The fourth-order valence-corrected chi connectivity index (χ4v) is 3.51. The van der Waals surface area contributed by atoms with Crippen LogP contribution in [0.3, 0.4) is 0 Å². The van der Waals surface area contributed by atoms with Gasteiger partial charge in [-0.1, -0.05) is 30.7 Å². The van der Waals surface area contributed by atoms with Gasteiger partial charge in [0.15, 0.2) is 0 Å². The third-order valence-electron chi connectivity index (χ3n) is 4.77. The van der Waals surface area contributed by atoms with Gasteiger partial charge in [0, 0.05) is 44.2 Å². The van der Waals surface area contributed by atoms with Crippen molar-refractivity contribution in [1.82, 2.24) is 4.90 Å². The number of hydrogen-bond acceptors (Lipinski definition) is 4. The molecule has 1 aromatic carbocycles. The molecule has 2 saturated heterocycles. The zero-order valence-electron chi connectivity index (χ0n) is 12.6. The molecule has 3 rings (SSSR count). The summed E-state index contributed by atoms with van der Waals surface area (Å²) in [6, 6.07) is 8.23. The van der Waals surface area contributed by atoms with Gasteiger partial charge >= 0.3 is 0 Å². The summed E-state index contributed by atoms with van der Waals surface area (Å²) in [6.07, 6.45) is 0. The second-order valence-corrected chi connectivity index (χ2v) is 6.90. The average molecular weight is 310 g/mol. The molecule has 2 fully saturated rings. The third kappa shape index (κ3) is 3.19. The predicted octanol–water partition coefficient (Wildman–Crippen LogP) is 1.83. The average Bonchev–Trinajstić information content (AvgIpc) is 2.80. The highest BCUT2D eigenvalue weighted by molar-refractivity contribution is 6.33. The molecule has 4 nitrogen and oxygen atoms in total. The van der Waals surface area contributed by atoms with Gasteiger partial charge in [-0.3, -0.25) is 4.90 Å². The fourth-order valence-electron chi connectivity index (χ4n) is 3.26. The first-order valence-electron chi connectivity index (χ1n) is 7.64. The minimum absolute atomic E-state index is 0.0898. The highest BCUT2D eigenvalue weighted by Crippen LogP contribution is 2.30. The van der Waals surface area contributed by atoms with Crippen LogP contribution in [0.15, 0.2) is 24.3 Å². The van der Waals surface area contributed by atoms with Crippen molar-refractivity contribution >= 4 is 17.3 Å². The van der Waals surface area contributed by atoms with E-state index in [4.69, 9.17) is 22.1 Å². The predicted molar refractivity (Wildman–Crippen MR) is 87.0 cm³/mol. The lowest BCUT2D eigenvalue weighted by Gasteiger charge is -2.40. The van der Waals surface area contributed by atoms with Gasteiger partial charge in [0.2, 0.25) is 0 Å². The first kappa shape index (κ1) is 15.1. The number of nitrogens with zero attached hydrogens (tertiary/aromatic N) is 2. The number of nitrogens with two attached hydrogens (primary N) is 1. The van der Waals surface area contributed by atoms with E-state index in [1.165, 1.54) is 0 Å². The number of anilines is 1. The van der Waals surface area contributed by atoms with Crippen LogP contribution in [0.5, 0.6) is 0 Å². The molecule has 0 radical (unpaired) electrons. The molecule has 116 valence electrons. The molecule has 0 saturated carbocycles. The van der Waals surface area contributed by atoms with E-state index < -0.39 is 0 Å². The zero-order valence-corrected chi connectivity index (χ0v) is 13.4. The summed E-state index contributed by atoms with van der Waals surface area (Å²) in [7, 11) is 0. The Morgan fingerprint density at radius 2 is 2.00 bits per heavy atom. The normalized spacial score (nSPS) is 30.8. The monoisotopic (exact) mass is 309 g/mol. The zero-order chi connectivity index (χ0) is 14.9. The van der Waals surface area contributed by atoms with Crippen LogP contribution in [0.1, 0.15) is 6.92 Å². The Balaban J connectivity index is 1.57. The van der Waals surface area contributed by atoms with Gasteiger partial charge in [-0.25, -0.2) is 0 Å². The van der Waals surface area contributed by atoms with Crippen LogP contribution in [-0.2, 0) is 4.74 Å². The topological polar surface area (TPSA) is 41.7 Å². The number of para-hydroxylation sites is 1. The molecule has 0 spiro atoms. The lowest BCUT2D eigenvalue weighted by Crippen LogP contribution is -2.53. The standard InChI is InChI=1S/C16H24ClN3O/c1-16(12-21-10-15(16)18)11-19-6-8-20(9-7-19)14-5-3-2-4-13(14)17/h2-5,15H,6-12,18H2,1H3. The molecule has 2 N–H and O–H groups in total. The van der Waals surface area contributed by atoms with Crippen LogP contribution >= 0.6 is 11.6 Å². The van der Waals surface area contributed by atoms with E-state index in [1.54, 1.807) is 0 Å². The van der Waals surface area contributed by atoms with E-state index in [2.05, 4.69) is 22.8 Å². The van der Waals surface area contributed by atoms with E-state index in [9.17, 15) is 0 Å². The van der Waals surface area contributed by atoms with Crippen molar-refractivity contribution in [3.05, 3.63) is 29.3 Å². The maximum Gasteiger partial charge on any atom is 0.0639 e. The van der Waals surface area contributed by atoms with Crippen molar-refractivity contribution in [3.8, 4) is 0 Å². The first-order valence-corrected chi connectivity index (χ1v) is 8.01. The summed E-state index contributed by atoms with van der Waals surface area (Å²) in [5.41, 5.74) is 7.42. The second-order valence-electron chi connectivity index (χ2n) is 6.49. The van der Waals surface area contributed by atoms with Gasteiger partial charge in [0.25, 0.3) is 0 Å². The van der Waals surface area contributed by atoms with Crippen molar-refractivity contribution in [3.63, 3.8) is 0 Å². The third-order valence-corrected chi connectivity index (χ3v) is 5.09. The van der Waals surface area contributed by atoms with Crippen LogP contribution in [0, 0.1) is 5.41 Å². The minimum atomic E-state index is 0.0898. The van der Waals surface area contributed by atoms with Crippen molar-refractivity contribution in [2.45, 2.75) is 13.0 Å². The van der Waals surface area contributed by atoms with Gasteiger partial charge in [0.05, 0.1) is 23.9 Å². The summed E-state index contributed by atoms with van der Waals surface area (Å²) < 4.78 is 5.54. The summed E-state index contributed by atoms with van der Waals surface area (Å²) in [6.45, 7) is 8.84. The number of hydrogen-bond donors (Lipinski definition) is 1. The maximum atomic E-state index is 6.28. The quantitative estimate of drug-likeness (QED) is 0.925. The van der Waals surface area contributed by atoms with E-state index >= 15 is 0 Å². The first-order chi connectivity index (χ1) is 10.1. The molecular weight excluding hydrogens is 286 g/mol. The highest BCUT2D eigenvalue weighted by Gasteiger charge is 2.39. The Morgan fingerprint density at radius 1 is 1.29 bits per heavy atom. The molecule has 5 heteroatoms. The van der Waals surface area contributed by atoms with Gasteiger partial charge in [0.1, 0.15) is 0 Å². The molecule has 2 aliphatic rings. The molecule has 0 aliphatic carbocycles. The van der Waals surface area contributed by atoms with E-state index in [1.807, 2.05) is 18.2 Å². The Kier molecular flexibility index (Phi) is 4.41. The van der Waals surface area contributed by atoms with E-state index in [0.717, 1.165) is 50.0 Å². The smallest absolute Gasteiger partial charge is 0.0639 e. The molecule has 2 unspecified atom stereocenters. The summed E-state index contributed by atoms with van der Waals surface area (Å²) in [5, 5.41) is 0.837. The van der Waals surface area contributed by atoms with Crippen LogP contribution < -0.4 is 10.6 Å². The Hall–Kier alpha value is -0.810. The summed E-state index contributed by atoms with van der Waals surface area (Å²) >= 11 is 6.28. The minimum Gasteiger partial charge on any atom is -0.379 e. The highest BCUT2D eigenvalue weighted by atomic mass is 35.5. The summed E-state index contributed by atoms with van der Waals surface area (Å²) in [5.74, 6) is 0. The molecule has 0 bridgehead atoms. The lowest BCUT2D eigenvalue weighted by atomic mass is 9.85.